The lowest BCUT2D eigenvalue weighted by molar-refractivity contribution is 0.545. The van der Waals surface area contributed by atoms with Crippen LogP contribution in [0, 0.1) is 0 Å². The minimum Gasteiger partial charge on any atom is -0.369 e. The van der Waals surface area contributed by atoms with Gasteiger partial charge in [0.1, 0.15) is 5.82 Å². The highest BCUT2D eigenvalue weighted by molar-refractivity contribution is 9.10. The highest BCUT2D eigenvalue weighted by Crippen LogP contribution is 2.34. The molecule has 1 saturated heterocycles. The van der Waals surface area contributed by atoms with Crippen LogP contribution >= 0.6 is 15.9 Å². The van der Waals surface area contributed by atoms with Gasteiger partial charge in [-0.2, -0.15) is 4.98 Å². The number of nitrogens with one attached hydrogen (secondary N) is 1. The summed E-state index contributed by atoms with van der Waals surface area (Å²) in [5.74, 6) is 1.78. The normalized spacial score (nSPS) is 16.4. The first-order valence-electron chi connectivity index (χ1n) is 7.50. The van der Waals surface area contributed by atoms with Crippen molar-refractivity contribution in [2.45, 2.75) is 52.4 Å². The van der Waals surface area contributed by atoms with E-state index < -0.39 is 0 Å². The molecule has 1 aromatic rings. The van der Waals surface area contributed by atoms with Crippen LogP contribution in [0.3, 0.4) is 0 Å². The van der Waals surface area contributed by atoms with Crippen molar-refractivity contribution < 1.29 is 0 Å². The van der Waals surface area contributed by atoms with E-state index in [1.807, 2.05) is 0 Å². The van der Waals surface area contributed by atoms with E-state index in [0.717, 1.165) is 41.6 Å². The fourth-order valence-corrected chi connectivity index (χ4v) is 3.36. The van der Waals surface area contributed by atoms with Crippen molar-refractivity contribution in [1.82, 2.24) is 9.97 Å². The molecule has 5 heteroatoms. The summed E-state index contributed by atoms with van der Waals surface area (Å²) in [6, 6.07) is 0. The van der Waals surface area contributed by atoms with Gasteiger partial charge in [-0.15, -0.1) is 0 Å². The van der Waals surface area contributed by atoms with E-state index in [9.17, 15) is 0 Å². The molecule has 1 aliphatic heterocycles. The van der Waals surface area contributed by atoms with Gasteiger partial charge in [-0.25, -0.2) is 4.98 Å². The monoisotopic (exact) mass is 340 g/mol. The van der Waals surface area contributed by atoms with E-state index in [0.29, 0.717) is 0 Å². The second kappa shape index (κ2) is 6.29. The third-order valence-corrected chi connectivity index (χ3v) is 4.28. The van der Waals surface area contributed by atoms with Gasteiger partial charge >= 0.3 is 0 Å². The molecule has 4 nitrogen and oxygen atoms in total. The van der Waals surface area contributed by atoms with E-state index in [1.54, 1.807) is 0 Å². The molecule has 0 spiro atoms. The van der Waals surface area contributed by atoms with Crippen LogP contribution in [-0.2, 0) is 5.41 Å². The molecule has 0 radical (unpaired) electrons. The Hall–Kier alpha value is -0.840. The average Bonchev–Trinajstić information content (AvgIpc) is 2.41. The van der Waals surface area contributed by atoms with Gasteiger partial charge in [-0.05, 0) is 42.1 Å². The van der Waals surface area contributed by atoms with Gasteiger partial charge in [0.15, 0.2) is 0 Å². The molecule has 0 atom stereocenters. The molecular weight excluding hydrogens is 316 g/mol. The Morgan fingerprint density at radius 2 is 1.80 bits per heavy atom. The maximum Gasteiger partial charge on any atom is 0.227 e. The van der Waals surface area contributed by atoms with E-state index in [2.05, 4.69) is 53.8 Å². The van der Waals surface area contributed by atoms with Crippen LogP contribution in [0.15, 0.2) is 4.47 Å². The molecule has 112 valence electrons. The van der Waals surface area contributed by atoms with E-state index >= 15 is 0 Å². The van der Waals surface area contributed by atoms with Crippen LogP contribution in [0.2, 0.25) is 0 Å². The molecule has 20 heavy (non-hydrogen) atoms. The highest BCUT2D eigenvalue weighted by Gasteiger charge is 2.25. The van der Waals surface area contributed by atoms with Gasteiger partial charge in [0.25, 0.3) is 0 Å². The van der Waals surface area contributed by atoms with Crippen LogP contribution in [0.5, 0.6) is 0 Å². The van der Waals surface area contributed by atoms with Crippen LogP contribution in [0.25, 0.3) is 0 Å². The molecular formula is C15H25BrN4. The maximum atomic E-state index is 4.84. The smallest absolute Gasteiger partial charge is 0.227 e. The fourth-order valence-electron chi connectivity index (χ4n) is 2.45. The standard InChI is InChI=1S/C15H25BrN4/c1-5-17-13-11(16)12(15(2,3)4)18-14(19-13)20-9-7-6-8-10-20/h5-10H2,1-4H3,(H,17,18,19). The van der Waals surface area contributed by atoms with Crippen LogP contribution in [-0.4, -0.2) is 29.6 Å². The fraction of sp³-hybridized carbons (Fsp3) is 0.733. The number of nitrogens with zero attached hydrogens (tertiary/aromatic N) is 3. The molecule has 2 heterocycles. The number of anilines is 2. The van der Waals surface area contributed by atoms with Crippen molar-refractivity contribution in [3.05, 3.63) is 10.2 Å². The van der Waals surface area contributed by atoms with E-state index in [1.165, 1.54) is 19.3 Å². The first kappa shape index (κ1) is 15.5. The molecule has 0 unspecified atom stereocenters. The van der Waals surface area contributed by atoms with Gasteiger partial charge in [0, 0.05) is 25.0 Å². The summed E-state index contributed by atoms with van der Waals surface area (Å²) in [5, 5.41) is 3.34. The molecule has 1 N–H and O–H groups in total. The first-order valence-corrected chi connectivity index (χ1v) is 8.29. The number of hydrogen-bond donors (Lipinski definition) is 1. The number of rotatable bonds is 3. The quantitative estimate of drug-likeness (QED) is 0.904. The van der Waals surface area contributed by atoms with Crippen molar-refractivity contribution in [3.8, 4) is 0 Å². The third kappa shape index (κ3) is 3.43. The van der Waals surface area contributed by atoms with E-state index in [4.69, 9.17) is 9.97 Å². The zero-order chi connectivity index (χ0) is 14.8. The molecule has 1 aromatic heterocycles. The largest absolute Gasteiger partial charge is 0.369 e. The Morgan fingerprint density at radius 1 is 1.15 bits per heavy atom. The number of piperidine rings is 1. The Labute approximate surface area is 130 Å². The molecule has 0 amide bonds. The van der Waals surface area contributed by atoms with Gasteiger partial charge in [-0.1, -0.05) is 20.8 Å². The van der Waals surface area contributed by atoms with Gasteiger partial charge in [-0.3, -0.25) is 0 Å². The number of hydrogen-bond acceptors (Lipinski definition) is 4. The van der Waals surface area contributed by atoms with Gasteiger partial charge in [0.05, 0.1) is 10.2 Å². The predicted octanol–water partition coefficient (Wildman–Crippen LogP) is 3.96. The summed E-state index contributed by atoms with van der Waals surface area (Å²) in [5.41, 5.74) is 1.07. The summed E-state index contributed by atoms with van der Waals surface area (Å²) in [6.07, 6.45) is 3.79. The molecule has 0 bridgehead atoms. The van der Waals surface area contributed by atoms with Crippen molar-refractivity contribution in [1.29, 1.82) is 0 Å². The minimum absolute atomic E-state index is 0.00349. The second-order valence-corrected chi connectivity index (χ2v) is 7.16. The van der Waals surface area contributed by atoms with Crippen LogP contribution in [0.1, 0.15) is 52.7 Å². The number of aromatic nitrogens is 2. The Balaban J connectivity index is 2.43. The van der Waals surface area contributed by atoms with E-state index in [-0.39, 0.29) is 5.41 Å². The minimum atomic E-state index is -0.00349. The Kier molecular flexibility index (Phi) is 4.89. The lowest BCUT2D eigenvalue weighted by atomic mass is 9.92. The zero-order valence-corrected chi connectivity index (χ0v) is 14.5. The Morgan fingerprint density at radius 3 is 2.35 bits per heavy atom. The SMILES string of the molecule is CCNc1nc(N2CCCCC2)nc(C(C)(C)C)c1Br. The average molecular weight is 341 g/mol. The molecule has 0 aliphatic carbocycles. The predicted molar refractivity (Wildman–Crippen MR) is 88.7 cm³/mol. The second-order valence-electron chi connectivity index (χ2n) is 6.36. The number of halogens is 1. The zero-order valence-electron chi connectivity index (χ0n) is 13.0. The molecule has 0 saturated carbocycles. The first-order chi connectivity index (χ1) is 9.43. The van der Waals surface area contributed by atoms with Crippen LogP contribution < -0.4 is 10.2 Å². The van der Waals surface area contributed by atoms with Crippen molar-refractivity contribution in [2.75, 3.05) is 29.9 Å². The summed E-state index contributed by atoms with van der Waals surface area (Å²) in [4.78, 5) is 11.9. The molecule has 2 rings (SSSR count). The molecule has 1 fully saturated rings. The molecule has 1 aliphatic rings. The van der Waals surface area contributed by atoms with Crippen LogP contribution in [0.4, 0.5) is 11.8 Å². The highest BCUT2D eigenvalue weighted by atomic mass is 79.9. The lowest BCUT2D eigenvalue weighted by Gasteiger charge is -2.29. The van der Waals surface area contributed by atoms with Crippen molar-refractivity contribution in [2.24, 2.45) is 0 Å². The van der Waals surface area contributed by atoms with Gasteiger partial charge < -0.3 is 10.2 Å². The summed E-state index contributed by atoms with van der Waals surface area (Å²) in [6.45, 7) is 11.7. The summed E-state index contributed by atoms with van der Waals surface area (Å²) in [7, 11) is 0. The summed E-state index contributed by atoms with van der Waals surface area (Å²) >= 11 is 3.67. The maximum absolute atomic E-state index is 4.84. The molecule has 0 aromatic carbocycles. The lowest BCUT2D eigenvalue weighted by Crippen LogP contribution is -2.32. The Bertz CT molecular complexity index is 462. The van der Waals surface area contributed by atoms with Crippen molar-refractivity contribution in [3.63, 3.8) is 0 Å². The van der Waals surface area contributed by atoms with Crippen molar-refractivity contribution >= 4 is 27.7 Å². The summed E-state index contributed by atoms with van der Waals surface area (Å²) < 4.78 is 0.993. The topological polar surface area (TPSA) is 41.1 Å². The van der Waals surface area contributed by atoms with Gasteiger partial charge in [0.2, 0.25) is 5.95 Å². The third-order valence-electron chi connectivity index (χ3n) is 3.53.